The van der Waals surface area contributed by atoms with Crippen LogP contribution < -0.4 is 16.0 Å². The molecule has 2 heterocycles. The molecule has 0 aliphatic carbocycles. The molecule has 2 aromatic rings. The van der Waals surface area contributed by atoms with Crippen LogP contribution in [-0.2, 0) is 9.59 Å². The van der Waals surface area contributed by atoms with Crippen molar-refractivity contribution < 1.29 is 9.59 Å². The molecule has 3 rings (SSSR count). The highest BCUT2D eigenvalue weighted by molar-refractivity contribution is 5.87. The molecule has 1 aliphatic rings. The summed E-state index contributed by atoms with van der Waals surface area (Å²) in [5.74, 6) is 1.18. The second-order valence-electron chi connectivity index (χ2n) is 7.46. The van der Waals surface area contributed by atoms with Crippen molar-refractivity contribution in [3.8, 4) is 11.4 Å². The lowest BCUT2D eigenvalue weighted by atomic mass is 10.1. The minimum absolute atomic E-state index is 0.0229. The summed E-state index contributed by atoms with van der Waals surface area (Å²) < 4.78 is 0. The van der Waals surface area contributed by atoms with E-state index in [-0.39, 0.29) is 24.3 Å². The van der Waals surface area contributed by atoms with Gasteiger partial charge in [-0.3, -0.25) is 9.59 Å². The van der Waals surface area contributed by atoms with Crippen molar-refractivity contribution in [2.45, 2.75) is 19.9 Å². The molecular weight excluding hydrogens is 368 g/mol. The zero-order chi connectivity index (χ0) is 20.8. The number of nitrogens with two attached hydrogens (primary N) is 1. The SMILES string of the molecule is CC(C)[C@H](N)C(=O)NCC(=O)N1CCN(c2ccnc(-c3ccccc3)n2)CC1. The van der Waals surface area contributed by atoms with Gasteiger partial charge in [-0.05, 0) is 12.0 Å². The Balaban J connectivity index is 1.53. The predicted molar refractivity (Wildman–Crippen MR) is 112 cm³/mol. The molecule has 29 heavy (non-hydrogen) atoms. The molecule has 154 valence electrons. The Bertz CT molecular complexity index is 834. The molecule has 8 nitrogen and oxygen atoms in total. The van der Waals surface area contributed by atoms with Crippen LogP contribution in [0.2, 0.25) is 0 Å². The monoisotopic (exact) mass is 396 g/mol. The van der Waals surface area contributed by atoms with Gasteiger partial charge in [0.15, 0.2) is 5.82 Å². The molecule has 1 aromatic carbocycles. The van der Waals surface area contributed by atoms with Crippen molar-refractivity contribution in [1.82, 2.24) is 20.2 Å². The van der Waals surface area contributed by atoms with Crippen LogP contribution >= 0.6 is 0 Å². The van der Waals surface area contributed by atoms with Gasteiger partial charge in [0.25, 0.3) is 0 Å². The van der Waals surface area contributed by atoms with Gasteiger partial charge in [-0.25, -0.2) is 9.97 Å². The molecule has 0 unspecified atom stereocenters. The minimum Gasteiger partial charge on any atom is -0.353 e. The second kappa shape index (κ2) is 9.47. The van der Waals surface area contributed by atoms with Crippen molar-refractivity contribution in [2.24, 2.45) is 11.7 Å². The maximum Gasteiger partial charge on any atom is 0.242 e. The number of anilines is 1. The number of benzene rings is 1. The average molecular weight is 396 g/mol. The number of hydrogen-bond donors (Lipinski definition) is 2. The predicted octanol–water partition coefficient (Wildman–Crippen LogP) is 0.892. The Morgan fingerprint density at radius 2 is 1.79 bits per heavy atom. The Morgan fingerprint density at radius 3 is 2.45 bits per heavy atom. The fraction of sp³-hybridized carbons (Fsp3) is 0.429. The van der Waals surface area contributed by atoms with Crippen LogP contribution in [0.3, 0.4) is 0 Å². The van der Waals surface area contributed by atoms with Gasteiger partial charge < -0.3 is 20.9 Å². The quantitative estimate of drug-likeness (QED) is 0.752. The molecule has 0 bridgehead atoms. The zero-order valence-corrected chi connectivity index (χ0v) is 16.9. The minimum atomic E-state index is -0.601. The summed E-state index contributed by atoms with van der Waals surface area (Å²) in [4.78, 5) is 37.3. The van der Waals surface area contributed by atoms with Crippen LogP contribution in [0.15, 0.2) is 42.6 Å². The third kappa shape index (κ3) is 5.29. The smallest absolute Gasteiger partial charge is 0.242 e. The number of nitrogens with zero attached hydrogens (tertiary/aromatic N) is 4. The highest BCUT2D eigenvalue weighted by Crippen LogP contribution is 2.19. The third-order valence-corrected chi connectivity index (χ3v) is 5.06. The Morgan fingerprint density at radius 1 is 1.10 bits per heavy atom. The summed E-state index contributed by atoms with van der Waals surface area (Å²) >= 11 is 0. The molecule has 8 heteroatoms. The largest absolute Gasteiger partial charge is 0.353 e. The summed E-state index contributed by atoms with van der Waals surface area (Å²) in [5.41, 5.74) is 6.78. The van der Waals surface area contributed by atoms with E-state index < -0.39 is 6.04 Å². The van der Waals surface area contributed by atoms with Crippen LogP contribution in [0.1, 0.15) is 13.8 Å². The summed E-state index contributed by atoms with van der Waals surface area (Å²) in [6, 6.07) is 11.1. The first-order valence-electron chi connectivity index (χ1n) is 9.90. The lowest BCUT2D eigenvalue weighted by Gasteiger charge is -2.35. The van der Waals surface area contributed by atoms with E-state index in [0.29, 0.717) is 32.0 Å². The van der Waals surface area contributed by atoms with Crippen LogP contribution in [0, 0.1) is 5.92 Å². The standard InChI is InChI=1S/C21H28N6O2/c1-15(2)19(22)21(29)24-14-18(28)27-12-10-26(11-13-27)17-8-9-23-20(25-17)16-6-4-3-5-7-16/h3-9,15,19H,10-14,22H2,1-2H3,(H,24,29)/t19-/m0/s1. The maximum atomic E-state index is 12.4. The fourth-order valence-corrected chi connectivity index (χ4v) is 3.13. The first-order valence-corrected chi connectivity index (χ1v) is 9.90. The first-order chi connectivity index (χ1) is 14.0. The van der Waals surface area contributed by atoms with Gasteiger partial charge in [-0.1, -0.05) is 44.2 Å². The van der Waals surface area contributed by atoms with E-state index in [4.69, 9.17) is 5.73 Å². The van der Waals surface area contributed by atoms with E-state index in [1.54, 1.807) is 11.1 Å². The Hall–Kier alpha value is -3.00. The van der Waals surface area contributed by atoms with Crippen LogP contribution in [0.4, 0.5) is 5.82 Å². The molecule has 1 aromatic heterocycles. The number of nitrogens with one attached hydrogen (secondary N) is 1. The van der Waals surface area contributed by atoms with Crippen molar-refractivity contribution in [3.05, 3.63) is 42.6 Å². The van der Waals surface area contributed by atoms with Gasteiger partial charge >= 0.3 is 0 Å². The zero-order valence-electron chi connectivity index (χ0n) is 16.9. The van der Waals surface area contributed by atoms with Gasteiger partial charge in [-0.2, -0.15) is 0 Å². The van der Waals surface area contributed by atoms with Gasteiger partial charge in [0.1, 0.15) is 5.82 Å². The van der Waals surface area contributed by atoms with Crippen molar-refractivity contribution in [2.75, 3.05) is 37.6 Å². The van der Waals surface area contributed by atoms with Crippen LogP contribution in [0.25, 0.3) is 11.4 Å². The summed E-state index contributed by atoms with van der Waals surface area (Å²) in [5, 5.41) is 2.64. The maximum absolute atomic E-state index is 12.4. The van der Waals surface area contributed by atoms with E-state index in [9.17, 15) is 9.59 Å². The molecule has 0 spiro atoms. The normalized spacial score (nSPS) is 15.3. The fourth-order valence-electron chi connectivity index (χ4n) is 3.13. The molecule has 1 aliphatic heterocycles. The van der Waals surface area contributed by atoms with Crippen LogP contribution in [-0.4, -0.2) is 65.4 Å². The van der Waals surface area contributed by atoms with Gasteiger partial charge in [0, 0.05) is 37.9 Å². The van der Waals surface area contributed by atoms with E-state index in [2.05, 4.69) is 20.2 Å². The van der Waals surface area contributed by atoms with Crippen molar-refractivity contribution >= 4 is 17.6 Å². The summed E-state index contributed by atoms with van der Waals surface area (Å²) in [6.07, 6.45) is 1.76. The molecule has 1 atom stereocenters. The lowest BCUT2D eigenvalue weighted by Crippen LogP contribution is -2.53. The van der Waals surface area contributed by atoms with Crippen molar-refractivity contribution in [1.29, 1.82) is 0 Å². The summed E-state index contributed by atoms with van der Waals surface area (Å²) in [6.45, 7) is 6.24. The lowest BCUT2D eigenvalue weighted by molar-refractivity contribution is -0.133. The number of hydrogen-bond acceptors (Lipinski definition) is 6. The van der Waals surface area contributed by atoms with E-state index in [1.807, 2.05) is 50.2 Å². The molecule has 0 radical (unpaired) electrons. The van der Waals surface area contributed by atoms with Crippen molar-refractivity contribution in [3.63, 3.8) is 0 Å². The van der Waals surface area contributed by atoms with Crippen LogP contribution in [0.5, 0.6) is 0 Å². The Labute approximate surface area is 171 Å². The third-order valence-electron chi connectivity index (χ3n) is 5.06. The molecule has 0 saturated carbocycles. The number of rotatable bonds is 6. The molecule has 1 saturated heterocycles. The van der Waals surface area contributed by atoms with Gasteiger partial charge in [0.2, 0.25) is 11.8 Å². The first kappa shape index (κ1) is 20.7. The highest BCUT2D eigenvalue weighted by atomic mass is 16.2. The molecule has 1 fully saturated rings. The van der Waals surface area contributed by atoms with E-state index >= 15 is 0 Å². The number of amides is 2. The summed E-state index contributed by atoms with van der Waals surface area (Å²) in [7, 11) is 0. The number of carbonyl (C=O) groups excluding carboxylic acids is 2. The topological polar surface area (TPSA) is 104 Å². The molecule has 2 amide bonds. The highest BCUT2D eigenvalue weighted by Gasteiger charge is 2.24. The number of aromatic nitrogens is 2. The van der Waals surface area contributed by atoms with Gasteiger partial charge in [0.05, 0.1) is 12.6 Å². The second-order valence-corrected chi connectivity index (χ2v) is 7.46. The van der Waals surface area contributed by atoms with Gasteiger partial charge in [-0.15, -0.1) is 0 Å². The number of piperazine rings is 1. The average Bonchev–Trinajstić information content (AvgIpc) is 2.77. The Kier molecular flexibility index (Phi) is 6.77. The molecular formula is C21H28N6O2. The molecule has 3 N–H and O–H groups in total. The van der Waals surface area contributed by atoms with E-state index in [0.717, 1.165) is 11.4 Å². The van der Waals surface area contributed by atoms with E-state index in [1.165, 1.54) is 0 Å². The number of carbonyl (C=O) groups is 2.